The molecule has 2 rings (SSSR count). The first kappa shape index (κ1) is 8.19. The second kappa shape index (κ2) is 3.14. The average molecular weight is 176 g/mol. The van der Waals surface area contributed by atoms with Gasteiger partial charge in [0.2, 0.25) is 0 Å². The third-order valence-corrected chi connectivity index (χ3v) is 1.88. The summed E-state index contributed by atoms with van der Waals surface area (Å²) in [6.45, 7) is 2.66. The van der Waals surface area contributed by atoms with Crippen molar-refractivity contribution in [3.05, 3.63) is 24.3 Å². The van der Waals surface area contributed by atoms with Crippen LogP contribution in [0.25, 0.3) is 11.0 Å². The molecule has 2 N–H and O–H groups in total. The van der Waals surface area contributed by atoms with E-state index in [1.54, 1.807) is 0 Å². The van der Waals surface area contributed by atoms with Crippen LogP contribution < -0.4 is 5.73 Å². The fourth-order valence-electron chi connectivity index (χ4n) is 1.32. The Bertz CT molecular complexity index is 405. The van der Waals surface area contributed by atoms with Gasteiger partial charge in [0.1, 0.15) is 5.52 Å². The Labute approximate surface area is 76.3 Å². The first-order valence-electron chi connectivity index (χ1n) is 4.31. The summed E-state index contributed by atoms with van der Waals surface area (Å²) < 4.78 is 1.83. The predicted octanol–water partition coefficient (Wildman–Crippen LogP) is 0.778. The summed E-state index contributed by atoms with van der Waals surface area (Å²) in [6.07, 6.45) is 0. The zero-order valence-corrected chi connectivity index (χ0v) is 7.51. The SMILES string of the molecule is CC(N)Cn1nnc2ccccc21. The number of fused-ring (bicyclic) bond motifs is 1. The number of rotatable bonds is 2. The van der Waals surface area contributed by atoms with Crippen molar-refractivity contribution in [2.45, 2.75) is 19.5 Å². The van der Waals surface area contributed by atoms with Crippen LogP contribution in [-0.4, -0.2) is 21.0 Å². The van der Waals surface area contributed by atoms with Crippen molar-refractivity contribution < 1.29 is 0 Å². The Balaban J connectivity index is 2.46. The molecular formula is C9H12N4. The summed E-state index contributed by atoms with van der Waals surface area (Å²) in [7, 11) is 0. The standard InChI is InChI=1S/C9H12N4/c1-7(10)6-13-9-5-3-2-4-8(9)11-12-13/h2-5,7H,6,10H2,1H3. The summed E-state index contributed by atoms with van der Waals surface area (Å²) in [6, 6.07) is 7.97. The zero-order chi connectivity index (χ0) is 9.26. The van der Waals surface area contributed by atoms with Gasteiger partial charge in [-0.2, -0.15) is 0 Å². The lowest BCUT2D eigenvalue weighted by atomic mass is 10.3. The van der Waals surface area contributed by atoms with Gasteiger partial charge in [-0.1, -0.05) is 17.3 Å². The Kier molecular flexibility index (Phi) is 1.98. The van der Waals surface area contributed by atoms with E-state index in [1.807, 2.05) is 35.9 Å². The lowest BCUT2D eigenvalue weighted by Gasteiger charge is -2.04. The highest BCUT2D eigenvalue weighted by molar-refractivity contribution is 5.73. The van der Waals surface area contributed by atoms with Gasteiger partial charge in [-0.15, -0.1) is 5.10 Å². The second-order valence-corrected chi connectivity index (χ2v) is 3.24. The van der Waals surface area contributed by atoms with Gasteiger partial charge in [-0.25, -0.2) is 4.68 Å². The molecule has 2 aromatic rings. The molecule has 0 radical (unpaired) electrons. The van der Waals surface area contributed by atoms with Crippen LogP contribution in [0.4, 0.5) is 0 Å². The zero-order valence-electron chi connectivity index (χ0n) is 7.51. The van der Waals surface area contributed by atoms with Crippen molar-refractivity contribution >= 4 is 11.0 Å². The lowest BCUT2D eigenvalue weighted by molar-refractivity contribution is 0.536. The largest absolute Gasteiger partial charge is 0.326 e. The molecule has 13 heavy (non-hydrogen) atoms. The number of hydrogen-bond donors (Lipinski definition) is 1. The van der Waals surface area contributed by atoms with Crippen molar-refractivity contribution in [2.24, 2.45) is 5.73 Å². The smallest absolute Gasteiger partial charge is 0.113 e. The van der Waals surface area contributed by atoms with E-state index >= 15 is 0 Å². The summed E-state index contributed by atoms with van der Waals surface area (Å²) in [5.74, 6) is 0. The van der Waals surface area contributed by atoms with Gasteiger partial charge in [-0.3, -0.25) is 0 Å². The van der Waals surface area contributed by atoms with E-state index in [-0.39, 0.29) is 6.04 Å². The van der Waals surface area contributed by atoms with E-state index in [0.717, 1.165) is 11.0 Å². The maximum atomic E-state index is 5.69. The summed E-state index contributed by atoms with van der Waals surface area (Å²) in [5, 5.41) is 8.05. The van der Waals surface area contributed by atoms with Crippen LogP contribution in [0.1, 0.15) is 6.92 Å². The number of benzene rings is 1. The van der Waals surface area contributed by atoms with Gasteiger partial charge in [-0.05, 0) is 19.1 Å². The molecule has 0 fully saturated rings. The van der Waals surface area contributed by atoms with Gasteiger partial charge in [0.15, 0.2) is 0 Å². The van der Waals surface area contributed by atoms with Crippen molar-refractivity contribution in [2.75, 3.05) is 0 Å². The number of hydrogen-bond acceptors (Lipinski definition) is 3. The molecule has 1 unspecified atom stereocenters. The van der Waals surface area contributed by atoms with Crippen LogP contribution >= 0.6 is 0 Å². The molecule has 4 nitrogen and oxygen atoms in total. The average Bonchev–Trinajstić information content (AvgIpc) is 2.48. The number of aromatic nitrogens is 3. The van der Waals surface area contributed by atoms with Crippen LogP contribution in [0.5, 0.6) is 0 Å². The van der Waals surface area contributed by atoms with Crippen molar-refractivity contribution in [1.29, 1.82) is 0 Å². The first-order chi connectivity index (χ1) is 6.27. The molecule has 0 aliphatic carbocycles. The Morgan fingerprint density at radius 1 is 1.46 bits per heavy atom. The fourth-order valence-corrected chi connectivity index (χ4v) is 1.32. The number of nitrogens with two attached hydrogens (primary N) is 1. The molecular weight excluding hydrogens is 164 g/mol. The lowest BCUT2D eigenvalue weighted by Crippen LogP contribution is -2.22. The summed E-state index contributed by atoms with van der Waals surface area (Å²) >= 11 is 0. The third-order valence-electron chi connectivity index (χ3n) is 1.88. The van der Waals surface area contributed by atoms with E-state index < -0.39 is 0 Å². The highest BCUT2D eigenvalue weighted by atomic mass is 15.4. The molecule has 0 aliphatic heterocycles. The number of nitrogens with zero attached hydrogens (tertiary/aromatic N) is 3. The van der Waals surface area contributed by atoms with E-state index in [1.165, 1.54) is 0 Å². The minimum Gasteiger partial charge on any atom is -0.326 e. The molecule has 4 heteroatoms. The topological polar surface area (TPSA) is 56.7 Å². The van der Waals surface area contributed by atoms with Crippen molar-refractivity contribution in [3.8, 4) is 0 Å². The Morgan fingerprint density at radius 3 is 3.00 bits per heavy atom. The monoisotopic (exact) mass is 176 g/mol. The van der Waals surface area contributed by atoms with Gasteiger partial charge >= 0.3 is 0 Å². The molecule has 0 saturated carbocycles. The van der Waals surface area contributed by atoms with Crippen LogP contribution in [0.3, 0.4) is 0 Å². The molecule has 68 valence electrons. The van der Waals surface area contributed by atoms with E-state index in [2.05, 4.69) is 10.3 Å². The fraction of sp³-hybridized carbons (Fsp3) is 0.333. The molecule has 0 aliphatic rings. The van der Waals surface area contributed by atoms with Crippen LogP contribution in [0.2, 0.25) is 0 Å². The molecule has 1 atom stereocenters. The molecule has 1 aromatic carbocycles. The van der Waals surface area contributed by atoms with Gasteiger partial charge in [0.05, 0.1) is 12.1 Å². The summed E-state index contributed by atoms with van der Waals surface area (Å²) in [4.78, 5) is 0. The molecule has 0 bridgehead atoms. The molecule has 1 aromatic heterocycles. The Hall–Kier alpha value is -1.42. The van der Waals surface area contributed by atoms with Crippen LogP contribution in [0.15, 0.2) is 24.3 Å². The third kappa shape index (κ3) is 1.53. The molecule has 0 saturated heterocycles. The maximum absolute atomic E-state index is 5.69. The van der Waals surface area contributed by atoms with Gasteiger partial charge in [0, 0.05) is 6.04 Å². The van der Waals surface area contributed by atoms with Crippen LogP contribution in [0, 0.1) is 0 Å². The highest BCUT2D eigenvalue weighted by Crippen LogP contribution is 2.09. The first-order valence-corrected chi connectivity index (χ1v) is 4.31. The van der Waals surface area contributed by atoms with Gasteiger partial charge < -0.3 is 5.73 Å². The number of para-hydroxylation sites is 1. The van der Waals surface area contributed by atoms with E-state index in [0.29, 0.717) is 6.54 Å². The second-order valence-electron chi connectivity index (χ2n) is 3.24. The Morgan fingerprint density at radius 2 is 2.23 bits per heavy atom. The van der Waals surface area contributed by atoms with E-state index in [9.17, 15) is 0 Å². The minimum atomic E-state index is 0.102. The predicted molar refractivity (Wildman–Crippen MR) is 51.2 cm³/mol. The normalized spacial score (nSPS) is 13.4. The van der Waals surface area contributed by atoms with E-state index in [4.69, 9.17) is 5.73 Å². The maximum Gasteiger partial charge on any atom is 0.113 e. The quantitative estimate of drug-likeness (QED) is 0.735. The molecule has 0 spiro atoms. The molecule has 0 amide bonds. The van der Waals surface area contributed by atoms with Gasteiger partial charge in [0.25, 0.3) is 0 Å². The van der Waals surface area contributed by atoms with Crippen molar-refractivity contribution in [1.82, 2.24) is 15.0 Å². The minimum absolute atomic E-state index is 0.102. The summed E-state index contributed by atoms with van der Waals surface area (Å²) in [5.41, 5.74) is 7.65. The van der Waals surface area contributed by atoms with Crippen molar-refractivity contribution in [3.63, 3.8) is 0 Å². The van der Waals surface area contributed by atoms with Crippen LogP contribution in [-0.2, 0) is 6.54 Å². The highest BCUT2D eigenvalue weighted by Gasteiger charge is 2.03. The molecule has 1 heterocycles.